The number of nitrogens with zero attached hydrogens (tertiary/aromatic N) is 2. The molecule has 1 aliphatic heterocycles. The van der Waals surface area contributed by atoms with Crippen molar-refractivity contribution in [3.05, 3.63) is 34.9 Å². The number of carbonyl (C=O) groups is 4. The number of imide groups is 2. The Morgan fingerprint density at radius 1 is 1.27 bits per heavy atom. The van der Waals surface area contributed by atoms with Gasteiger partial charge < -0.3 is 5.32 Å². The Labute approximate surface area is 131 Å². The highest BCUT2D eigenvalue weighted by Crippen LogP contribution is 2.17. The molecule has 1 saturated heterocycles. The fourth-order valence-corrected chi connectivity index (χ4v) is 2.24. The highest BCUT2D eigenvalue weighted by atomic mass is 35.5. The molecule has 116 valence electrons. The number of amides is 5. The van der Waals surface area contributed by atoms with Gasteiger partial charge in [-0.3, -0.25) is 19.3 Å². The first kappa shape index (κ1) is 16.0. The minimum Gasteiger partial charge on any atom is -0.348 e. The quantitative estimate of drug-likeness (QED) is 0.660. The van der Waals surface area contributed by atoms with E-state index in [1.807, 2.05) is 0 Å². The van der Waals surface area contributed by atoms with Gasteiger partial charge in [0.25, 0.3) is 0 Å². The molecule has 22 heavy (non-hydrogen) atoms. The third-order valence-electron chi connectivity index (χ3n) is 3.28. The van der Waals surface area contributed by atoms with Crippen molar-refractivity contribution in [2.24, 2.45) is 0 Å². The monoisotopic (exact) mass is 323 g/mol. The van der Waals surface area contributed by atoms with Gasteiger partial charge in [-0.05, 0) is 24.6 Å². The summed E-state index contributed by atoms with van der Waals surface area (Å²) in [5.41, 5.74) is 0.785. The zero-order valence-electron chi connectivity index (χ0n) is 12.0. The summed E-state index contributed by atoms with van der Waals surface area (Å²) < 4.78 is 0. The molecule has 1 aromatic carbocycles. The largest absolute Gasteiger partial charge is 0.348 e. The molecule has 8 heteroatoms. The highest BCUT2D eigenvalue weighted by molar-refractivity contribution is 6.44. The summed E-state index contributed by atoms with van der Waals surface area (Å²) in [6, 6.07) is 5.80. The molecule has 0 spiro atoms. The van der Waals surface area contributed by atoms with Crippen LogP contribution < -0.4 is 5.32 Å². The van der Waals surface area contributed by atoms with E-state index in [-0.39, 0.29) is 6.04 Å². The fourth-order valence-electron chi connectivity index (χ4n) is 2.04. The molecular formula is C14H14ClN3O4. The predicted molar refractivity (Wildman–Crippen MR) is 77.9 cm³/mol. The minimum absolute atomic E-state index is 0.354. The van der Waals surface area contributed by atoms with Gasteiger partial charge in [-0.1, -0.05) is 23.7 Å². The molecule has 1 N–H and O–H groups in total. The molecule has 0 radical (unpaired) electrons. The van der Waals surface area contributed by atoms with Crippen molar-refractivity contribution in [3.8, 4) is 0 Å². The average Bonchev–Trinajstić information content (AvgIpc) is 2.65. The fraction of sp³-hybridized carbons (Fsp3) is 0.286. The van der Waals surface area contributed by atoms with Gasteiger partial charge in [0.05, 0.1) is 6.04 Å². The molecule has 0 aromatic heterocycles. The van der Waals surface area contributed by atoms with Crippen LogP contribution in [0.2, 0.25) is 5.02 Å². The molecule has 7 nitrogen and oxygen atoms in total. The van der Waals surface area contributed by atoms with Crippen molar-refractivity contribution in [2.45, 2.75) is 13.0 Å². The third kappa shape index (κ3) is 3.09. The van der Waals surface area contributed by atoms with Crippen molar-refractivity contribution in [3.63, 3.8) is 0 Å². The molecule has 1 aromatic rings. The van der Waals surface area contributed by atoms with Crippen LogP contribution in [0.5, 0.6) is 0 Å². The lowest BCUT2D eigenvalue weighted by Crippen LogP contribution is -2.41. The minimum atomic E-state index is -1.00. The van der Waals surface area contributed by atoms with E-state index in [4.69, 9.17) is 11.6 Å². The number of halogens is 1. The number of hydrogen-bond acceptors (Lipinski definition) is 4. The number of hydrogen-bond donors (Lipinski definition) is 1. The van der Waals surface area contributed by atoms with Crippen LogP contribution in [0.25, 0.3) is 0 Å². The summed E-state index contributed by atoms with van der Waals surface area (Å²) in [5, 5.41) is 3.19. The highest BCUT2D eigenvalue weighted by Gasteiger charge is 2.43. The van der Waals surface area contributed by atoms with Crippen LogP contribution in [0, 0.1) is 0 Å². The number of carbonyl (C=O) groups excluding carboxylic acids is 4. The van der Waals surface area contributed by atoms with Gasteiger partial charge >= 0.3 is 17.8 Å². The Morgan fingerprint density at radius 3 is 2.50 bits per heavy atom. The van der Waals surface area contributed by atoms with E-state index in [1.165, 1.54) is 7.05 Å². The van der Waals surface area contributed by atoms with Crippen LogP contribution in [0.15, 0.2) is 24.3 Å². The van der Waals surface area contributed by atoms with Crippen LogP contribution in [-0.4, -0.2) is 47.1 Å². The standard InChI is InChI=1S/C14H14ClN3O4/c1-8(9-4-3-5-10(15)6-9)16-11(19)7-18-13(21)12(20)17(2)14(18)22/h3-6,8H,7H2,1-2H3,(H,16,19)/t8-/m0/s1. The van der Waals surface area contributed by atoms with Gasteiger partial charge in [0, 0.05) is 12.1 Å². The van der Waals surface area contributed by atoms with Crippen LogP contribution in [0.4, 0.5) is 4.79 Å². The normalized spacial score (nSPS) is 16.2. The van der Waals surface area contributed by atoms with Crippen molar-refractivity contribution in [1.82, 2.24) is 15.1 Å². The van der Waals surface area contributed by atoms with Crippen molar-refractivity contribution >= 4 is 35.4 Å². The molecule has 0 unspecified atom stereocenters. The zero-order chi connectivity index (χ0) is 16.4. The zero-order valence-corrected chi connectivity index (χ0v) is 12.8. The third-order valence-corrected chi connectivity index (χ3v) is 3.51. The number of benzene rings is 1. The summed E-state index contributed by atoms with van der Waals surface area (Å²) in [6.07, 6.45) is 0. The first-order valence-electron chi connectivity index (χ1n) is 6.49. The second-order valence-electron chi connectivity index (χ2n) is 4.88. The van der Waals surface area contributed by atoms with E-state index in [0.29, 0.717) is 14.8 Å². The molecular weight excluding hydrogens is 310 g/mol. The van der Waals surface area contributed by atoms with Crippen LogP contribution >= 0.6 is 11.6 Å². The topological polar surface area (TPSA) is 86.8 Å². The van der Waals surface area contributed by atoms with Gasteiger partial charge in [0.2, 0.25) is 5.91 Å². The van der Waals surface area contributed by atoms with Crippen molar-refractivity contribution < 1.29 is 19.2 Å². The van der Waals surface area contributed by atoms with Crippen molar-refractivity contribution in [1.29, 1.82) is 0 Å². The van der Waals surface area contributed by atoms with Crippen molar-refractivity contribution in [2.75, 3.05) is 13.6 Å². The predicted octanol–water partition coefficient (Wildman–Crippen LogP) is 0.938. The summed E-state index contributed by atoms with van der Waals surface area (Å²) in [4.78, 5) is 47.9. The maximum absolute atomic E-state index is 12.0. The van der Waals surface area contributed by atoms with Crippen LogP contribution in [0.1, 0.15) is 18.5 Å². The number of urea groups is 1. The van der Waals surface area contributed by atoms with Gasteiger partial charge in [0.15, 0.2) is 0 Å². The van der Waals surface area contributed by atoms with Gasteiger partial charge in [-0.15, -0.1) is 0 Å². The average molecular weight is 324 g/mol. The maximum Gasteiger partial charge on any atom is 0.334 e. The SMILES string of the molecule is C[C@H](NC(=O)CN1C(=O)C(=O)N(C)C1=O)c1cccc(Cl)c1. The van der Waals surface area contributed by atoms with E-state index in [9.17, 15) is 19.2 Å². The smallest absolute Gasteiger partial charge is 0.334 e. The molecule has 5 amide bonds. The molecule has 0 bridgehead atoms. The Morgan fingerprint density at radius 2 is 1.95 bits per heavy atom. The molecule has 2 rings (SSSR count). The Hall–Kier alpha value is -2.41. The summed E-state index contributed by atoms with van der Waals surface area (Å²) in [6.45, 7) is 1.24. The first-order chi connectivity index (χ1) is 10.3. The summed E-state index contributed by atoms with van der Waals surface area (Å²) in [5.74, 6) is -2.49. The lowest BCUT2D eigenvalue weighted by atomic mass is 10.1. The Balaban J connectivity index is 2.00. The van der Waals surface area contributed by atoms with Crippen LogP contribution in [-0.2, 0) is 14.4 Å². The van der Waals surface area contributed by atoms with Gasteiger partial charge in [-0.2, -0.15) is 0 Å². The first-order valence-corrected chi connectivity index (χ1v) is 6.87. The van der Waals surface area contributed by atoms with Gasteiger partial charge in [0.1, 0.15) is 6.54 Å². The lowest BCUT2D eigenvalue weighted by molar-refractivity contribution is -0.143. The molecule has 1 atom stereocenters. The Bertz CT molecular complexity index is 661. The van der Waals surface area contributed by atoms with Crippen LogP contribution in [0.3, 0.4) is 0 Å². The van der Waals surface area contributed by atoms with E-state index in [1.54, 1.807) is 31.2 Å². The molecule has 0 saturated carbocycles. The molecule has 1 aliphatic rings. The van der Waals surface area contributed by atoms with E-state index >= 15 is 0 Å². The summed E-state index contributed by atoms with van der Waals surface area (Å²) >= 11 is 5.88. The Kier molecular flexibility index (Phi) is 4.46. The second-order valence-corrected chi connectivity index (χ2v) is 5.32. The van der Waals surface area contributed by atoms with E-state index < -0.39 is 30.3 Å². The lowest BCUT2D eigenvalue weighted by Gasteiger charge is -2.17. The maximum atomic E-state index is 12.0. The van der Waals surface area contributed by atoms with E-state index in [0.717, 1.165) is 5.56 Å². The molecule has 1 heterocycles. The number of rotatable bonds is 4. The van der Waals surface area contributed by atoms with Gasteiger partial charge in [-0.25, -0.2) is 9.69 Å². The second kappa shape index (κ2) is 6.15. The molecule has 1 fully saturated rings. The summed E-state index contributed by atoms with van der Waals surface area (Å²) in [7, 11) is 1.19. The number of likely N-dealkylation sites (N-methyl/N-ethyl adjacent to an activating group) is 1. The van der Waals surface area contributed by atoms with E-state index in [2.05, 4.69) is 5.32 Å². The molecule has 0 aliphatic carbocycles. The number of nitrogens with one attached hydrogen (secondary N) is 1.